The lowest BCUT2D eigenvalue weighted by Crippen LogP contribution is -2.23. The molecule has 0 aromatic carbocycles. The van der Waals surface area contributed by atoms with E-state index in [0.29, 0.717) is 18.3 Å². The summed E-state index contributed by atoms with van der Waals surface area (Å²) < 4.78 is 5.04. The molecule has 1 aliphatic rings. The summed E-state index contributed by atoms with van der Waals surface area (Å²) in [6, 6.07) is 1.81. The van der Waals surface area contributed by atoms with Gasteiger partial charge in [0, 0.05) is 32.7 Å². The van der Waals surface area contributed by atoms with Gasteiger partial charge in [-0.3, -0.25) is 0 Å². The van der Waals surface area contributed by atoms with Crippen LogP contribution in [0.25, 0.3) is 0 Å². The molecule has 1 saturated carbocycles. The molecular formula is C11H18N4O. The zero-order chi connectivity index (χ0) is 11.5. The van der Waals surface area contributed by atoms with Gasteiger partial charge in [-0.1, -0.05) is 0 Å². The van der Waals surface area contributed by atoms with E-state index in [1.54, 1.807) is 7.11 Å². The van der Waals surface area contributed by atoms with Crippen molar-refractivity contribution in [2.45, 2.75) is 18.8 Å². The van der Waals surface area contributed by atoms with Crippen molar-refractivity contribution in [3.63, 3.8) is 0 Å². The molecule has 0 spiro atoms. The molecule has 16 heavy (non-hydrogen) atoms. The van der Waals surface area contributed by atoms with Gasteiger partial charge in [-0.2, -0.15) is 0 Å². The first-order valence-corrected chi connectivity index (χ1v) is 5.55. The van der Waals surface area contributed by atoms with Crippen LogP contribution in [0.15, 0.2) is 6.07 Å². The Morgan fingerprint density at radius 2 is 2.25 bits per heavy atom. The Morgan fingerprint density at radius 1 is 1.50 bits per heavy atom. The maximum Gasteiger partial charge on any atom is 0.136 e. The van der Waals surface area contributed by atoms with E-state index in [9.17, 15) is 0 Å². The number of hydrogen-bond donors (Lipinski definition) is 1. The van der Waals surface area contributed by atoms with Crippen LogP contribution in [-0.4, -0.2) is 37.3 Å². The van der Waals surface area contributed by atoms with Crippen molar-refractivity contribution in [1.29, 1.82) is 0 Å². The summed E-state index contributed by atoms with van der Waals surface area (Å²) in [4.78, 5) is 10.8. The average molecular weight is 222 g/mol. The van der Waals surface area contributed by atoms with Gasteiger partial charge in [0.1, 0.15) is 17.5 Å². The topological polar surface area (TPSA) is 64.3 Å². The highest BCUT2D eigenvalue weighted by atomic mass is 16.5. The molecule has 1 aliphatic carbocycles. The van der Waals surface area contributed by atoms with Crippen LogP contribution in [0.1, 0.15) is 24.6 Å². The Bertz CT molecular complexity index is 365. The second-order valence-corrected chi connectivity index (χ2v) is 4.20. The van der Waals surface area contributed by atoms with E-state index in [1.807, 2.05) is 18.0 Å². The third-order valence-electron chi connectivity index (χ3n) is 2.71. The predicted octanol–water partition coefficient (Wildman–Crippen LogP) is 1.02. The van der Waals surface area contributed by atoms with Crippen molar-refractivity contribution in [1.82, 2.24) is 9.97 Å². The molecule has 2 N–H and O–H groups in total. The SMILES string of the molecule is COCCN(C)c1cc(N)nc(C2CC2)n1. The predicted molar refractivity (Wildman–Crippen MR) is 63.6 cm³/mol. The minimum atomic E-state index is 0.526. The van der Waals surface area contributed by atoms with Gasteiger partial charge in [0.05, 0.1) is 6.61 Å². The van der Waals surface area contributed by atoms with Crippen molar-refractivity contribution in [3.8, 4) is 0 Å². The molecule has 1 aromatic heterocycles. The largest absolute Gasteiger partial charge is 0.384 e. The van der Waals surface area contributed by atoms with Gasteiger partial charge < -0.3 is 15.4 Å². The normalized spacial score (nSPS) is 15.1. The minimum Gasteiger partial charge on any atom is -0.384 e. The van der Waals surface area contributed by atoms with Gasteiger partial charge in [-0.25, -0.2) is 9.97 Å². The number of methoxy groups -OCH3 is 1. The number of likely N-dealkylation sites (N-methyl/N-ethyl adjacent to an activating group) is 1. The lowest BCUT2D eigenvalue weighted by atomic mass is 10.3. The molecule has 2 rings (SSSR count). The molecule has 5 nitrogen and oxygen atoms in total. The second-order valence-electron chi connectivity index (χ2n) is 4.20. The summed E-state index contributed by atoms with van der Waals surface area (Å²) in [6.07, 6.45) is 2.37. The maximum atomic E-state index is 5.78. The van der Waals surface area contributed by atoms with Gasteiger partial charge in [-0.15, -0.1) is 0 Å². The number of anilines is 2. The van der Waals surface area contributed by atoms with Gasteiger partial charge in [0.25, 0.3) is 0 Å². The van der Waals surface area contributed by atoms with Crippen LogP contribution in [-0.2, 0) is 4.74 Å². The first kappa shape index (κ1) is 11.1. The third kappa shape index (κ3) is 2.61. The first-order valence-electron chi connectivity index (χ1n) is 5.55. The second kappa shape index (κ2) is 4.65. The van der Waals surface area contributed by atoms with Crippen molar-refractivity contribution < 1.29 is 4.74 Å². The van der Waals surface area contributed by atoms with Crippen molar-refractivity contribution >= 4 is 11.6 Å². The summed E-state index contributed by atoms with van der Waals surface area (Å²) in [5.41, 5.74) is 5.78. The van der Waals surface area contributed by atoms with Gasteiger partial charge in [-0.05, 0) is 12.8 Å². The summed E-state index contributed by atoms with van der Waals surface area (Å²) in [5.74, 6) is 2.85. The van der Waals surface area contributed by atoms with E-state index >= 15 is 0 Å². The number of nitrogens with two attached hydrogens (primary N) is 1. The number of nitrogens with zero attached hydrogens (tertiary/aromatic N) is 3. The standard InChI is InChI=1S/C11H18N4O/c1-15(5-6-16-2)10-7-9(12)13-11(14-10)8-3-4-8/h7-8H,3-6H2,1-2H3,(H2,12,13,14). The van der Waals surface area contributed by atoms with Crippen LogP contribution in [0.5, 0.6) is 0 Å². The zero-order valence-corrected chi connectivity index (χ0v) is 9.81. The minimum absolute atomic E-state index is 0.526. The first-order chi connectivity index (χ1) is 7.70. The number of aromatic nitrogens is 2. The number of hydrogen-bond acceptors (Lipinski definition) is 5. The van der Waals surface area contributed by atoms with Crippen LogP contribution in [0, 0.1) is 0 Å². The molecule has 0 bridgehead atoms. The number of ether oxygens (including phenoxy) is 1. The van der Waals surface area contributed by atoms with Gasteiger partial charge >= 0.3 is 0 Å². The van der Waals surface area contributed by atoms with E-state index < -0.39 is 0 Å². The van der Waals surface area contributed by atoms with Crippen molar-refractivity contribution in [2.24, 2.45) is 0 Å². The molecule has 0 radical (unpaired) electrons. The smallest absolute Gasteiger partial charge is 0.136 e. The van der Waals surface area contributed by atoms with Crippen LogP contribution >= 0.6 is 0 Å². The Labute approximate surface area is 95.6 Å². The van der Waals surface area contributed by atoms with Crippen molar-refractivity contribution in [2.75, 3.05) is 37.9 Å². The lowest BCUT2D eigenvalue weighted by Gasteiger charge is -2.18. The molecule has 0 saturated heterocycles. The fraction of sp³-hybridized carbons (Fsp3) is 0.636. The molecule has 88 valence electrons. The van der Waals surface area contributed by atoms with Crippen molar-refractivity contribution in [3.05, 3.63) is 11.9 Å². The Morgan fingerprint density at radius 3 is 2.88 bits per heavy atom. The monoisotopic (exact) mass is 222 g/mol. The summed E-state index contributed by atoms with van der Waals surface area (Å²) >= 11 is 0. The fourth-order valence-electron chi connectivity index (χ4n) is 1.53. The molecule has 0 unspecified atom stereocenters. The highest BCUT2D eigenvalue weighted by Gasteiger charge is 2.27. The fourth-order valence-corrected chi connectivity index (χ4v) is 1.53. The van der Waals surface area contributed by atoms with Gasteiger partial charge in [0.2, 0.25) is 0 Å². The average Bonchev–Trinajstić information content (AvgIpc) is 3.08. The molecule has 1 fully saturated rings. The number of nitrogen functional groups attached to an aromatic ring is 1. The molecule has 0 aliphatic heterocycles. The van der Waals surface area contributed by atoms with Crippen LogP contribution in [0.2, 0.25) is 0 Å². The summed E-state index contributed by atoms with van der Waals surface area (Å²) in [5, 5.41) is 0. The summed E-state index contributed by atoms with van der Waals surface area (Å²) in [7, 11) is 3.68. The van der Waals surface area contributed by atoms with Gasteiger partial charge in [0.15, 0.2) is 0 Å². The molecular weight excluding hydrogens is 204 g/mol. The zero-order valence-electron chi connectivity index (χ0n) is 9.81. The molecule has 0 atom stereocenters. The Balaban J connectivity index is 2.12. The number of rotatable bonds is 5. The highest BCUT2D eigenvalue weighted by molar-refractivity contribution is 5.47. The van der Waals surface area contributed by atoms with Crippen LogP contribution < -0.4 is 10.6 Å². The van der Waals surface area contributed by atoms with E-state index in [2.05, 4.69) is 9.97 Å². The van der Waals surface area contributed by atoms with Crippen LogP contribution in [0.3, 0.4) is 0 Å². The van der Waals surface area contributed by atoms with E-state index in [-0.39, 0.29) is 0 Å². The Kier molecular flexibility index (Phi) is 3.24. The molecule has 5 heteroatoms. The molecule has 1 aromatic rings. The van der Waals surface area contributed by atoms with E-state index in [1.165, 1.54) is 12.8 Å². The van der Waals surface area contributed by atoms with E-state index in [0.717, 1.165) is 18.2 Å². The van der Waals surface area contributed by atoms with Crippen LogP contribution in [0.4, 0.5) is 11.6 Å². The third-order valence-corrected chi connectivity index (χ3v) is 2.71. The molecule has 1 heterocycles. The molecule has 0 amide bonds. The maximum absolute atomic E-state index is 5.78. The highest BCUT2D eigenvalue weighted by Crippen LogP contribution is 2.38. The Hall–Kier alpha value is -1.36. The quantitative estimate of drug-likeness (QED) is 0.805. The summed E-state index contributed by atoms with van der Waals surface area (Å²) in [6.45, 7) is 1.48. The van der Waals surface area contributed by atoms with E-state index in [4.69, 9.17) is 10.5 Å². The lowest BCUT2D eigenvalue weighted by molar-refractivity contribution is 0.206.